The Labute approximate surface area is 152 Å². The topological polar surface area (TPSA) is 65.7 Å². The van der Waals surface area contributed by atoms with Crippen molar-refractivity contribution < 1.29 is 18.7 Å². The zero-order valence-corrected chi connectivity index (χ0v) is 14.6. The molecule has 0 N–H and O–H groups in total. The number of hydrogen-bond acceptors (Lipinski definition) is 5. The van der Waals surface area contributed by atoms with Gasteiger partial charge in [0.2, 0.25) is 0 Å². The van der Waals surface area contributed by atoms with Crippen LogP contribution in [0, 0.1) is 6.92 Å². The molecule has 25 heavy (non-hydrogen) atoms. The molecular weight excluding hydrogens is 367 g/mol. The van der Waals surface area contributed by atoms with Crippen LogP contribution in [0.15, 0.2) is 51.7 Å². The van der Waals surface area contributed by atoms with E-state index in [0.717, 1.165) is 10.9 Å². The Kier molecular flexibility index (Phi) is 4.97. The average molecular weight is 379 g/mol. The Hall–Kier alpha value is -2.50. The van der Waals surface area contributed by atoms with Crippen molar-refractivity contribution in [3.63, 3.8) is 0 Å². The van der Waals surface area contributed by atoms with Crippen molar-refractivity contribution in [3.8, 4) is 11.5 Å². The molecule has 128 valence electrons. The molecule has 1 aromatic heterocycles. The molecule has 0 atom stereocenters. The maximum absolute atomic E-state index is 11.9. The molecule has 0 saturated carbocycles. The Morgan fingerprint density at radius 2 is 1.92 bits per heavy atom. The van der Waals surface area contributed by atoms with E-state index < -0.39 is 11.6 Å². The van der Waals surface area contributed by atoms with E-state index in [1.165, 1.54) is 18.2 Å². The molecule has 3 rings (SSSR count). The summed E-state index contributed by atoms with van der Waals surface area (Å²) in [6.07, 6.45) is 0. The first-order valence-corrected chi connectivity index (χ1v) is 8.01. The number of carbonyl (C=O) groups excluding carboxylic acids is 1. The number of hydrogen-bond donors (Lipinski definition) is 0. The molecule has 1 heterocycles. The van der Waals surface area contributed by atoms with Gasteiger partial charge in [0.15, 0.2) is 6.61 Å². The van der Waals surface area contributed by atoms with Gasteiger partial charge in [-0.05, 0) is 42.8 Å². The van der Waals surface area contributed by atoms with Crippen LogP contribution in [0.25, 0.3) is 11.0 Å². The van der Waals surface area contributed by atoms with Gasteiger partial charge in [-0.15, -0.1) is 0 Å². The summed E-state index contributed by atoms with van der Waals surface area (Å²) < 4.78 is 15.6. The van der Waals surface area contributed by atoms with Gasteiger partial charge < -0.3 is 13.9 Å². The molecule has 0 saturated heterocycles. The van der Waals surface area contributed by atoms with Crippen molar-refractivity contribution in [2.45, 2.75) is 6.92 Å². The SMILES string of the molecule is Cc1cc(=O)oc2cc(OC(=O)COc3ccc(Cl)cc3Cl)ccc12. The fraction of sp³-hybridized carbons (Fsp3) is 0.111. The lowest BCUT2D eigenvalue weighted by atomic mass is 10.1. The van der Waals surface area contributed by atoms with Gasteiger partial charge in [-0.1, -0.05) is 23.2 Å². The molecule has 0 bridgehead atoms. The number of fused-ring (bicyclic) bond motifs is 1. The minimum Gasteiger partial charge on any atom is -0.480 e. The number of rotatable bonds is 4. The predicted octanol–water partition coefficient (Wildman–Crippen LogP) is 4.39. The van der Waals surface area contributed by atoms with E-state index in [1.807, 2.05) is 0 Å². The lowest BCUT2D eigenvalue weighted by Crippen LogP contribution is -2.17. The third-order valence-corrected chi connectivity index (χ3v) is 3.92. The first-order chi connectivity index (χ1) is 11.9. The highest BCUT2D eigenvalue weighted by Gasteiger charge is 2.10. The van der Waals surface area contributed by atoms with Crippen LogP contribution in [0.1, 0.15) is 5.56 Å². The summed E-state index contributed by atoms with van der Waals surface area (Å²) in [5, 5.41) is 1.53. The van der Waals surface area contributed by atoms with Crippen molar-refractivity contribution in [3.05, 3.63) is 68.5 Å². The van der Waals surface area contributed by atoms with Gasteiger partial charge in [0.25, 0.3) is 0 Å². The molecule has 2 aromatic carbocycles. The number of aryl methyl sites for hydroxylation is 1. The van der Waals surface area contributed by atoms with E-state index >= 15 is 0 Å². The number of halogens is 2. The highest BCUT2D eigenvalue weighted by Crippen LogP contribution is 2.27. The van der Waals surface area contributed by atoms with Crippen LogP contribution in [0.3, 0.4) is 0 Å². The summed E-state index contributed by atoms with van der Waals surface area (Å²) in [5.41, 5.74) is 0.663. The second-order valence-electron chi connectivity index (χ2n) is 5.24. The van der Waals surface area contributed by atoms with Crippen molar-refractivity contribution in [2.75, 3.05) is 6.61 Å². The van der Waals surface area contributed by atoms with Crippen LogP contribution < -0.4 is 15.1 Å². The molecule has 0 aliphatic heterocycles. The van der Waals surface area contributed by atoms with Crippen molar-refractivity contribution in [2.24, 2.45) is 0 Å². The Morgan fingerprint density at radius 1 is 1.12 bits per heavy atom. The number of carbonyl (C=O) groups is 1. The second-order valence-corrected chi connectivity index (χ2v) is 6.09. The second kappa shape index (κ2) is 7.17. The lowest BCUT2D eigenvalue weighted by Gasteiger charge is -2.09. The number of esters is 1. The molecule has 7 heteroatoms. The molecule has 5 nitrogen and oxygen atoms in total. The normalized spacial score (nSPS) is 10.7. The standard InChI is InChI=1S/C18H12Cl2O5/c1-10-6-17(21)25-16-8-12(3-4-13(10)16)24-18(22)9-23-15-5-2-11(19)7-14(15)20/h2-8H,9H2,1H3. The summed E-state index contributed by atoms with van der Waals surface area (Å²) in [6.45, 7) is 1.46. The minimum atomic E-state index is -0.625. The van der Waals surface area contributed by atoms with Crippen LogP contribution in [0.5, 0.6) is 11.5 Å². The Balaban J connectivity index is 1.70. The summed E-state index contributed by atoms with van der Waals surface area (Å²) >= 11 is 11.8. The molecule has 0 unspecified atom stereocenters. The predicted molar refractivity (Wildman–Crippen MR) is 94.8 cm³/mol. The van der Waals surface area contributed by atoms with E-state index in [0.29, 0.717) is 21.4 Å². The third-order valence-electron chi connectivity index (χ3n) is 3.39. The van der Waals surface area contributed by atoms with Crippen LogP contribution in [0.4, 0.5) is 0 Å². The van der Waals surface area contributed by atoms with Crippen molar-refractivity contribution >= 4 is 40.1 Å². The fourth-order valence-corrected chi connectivity index (χ4v) is 2.72. The van der Waals surface area contributed by atoms with Crippen LogP contribution in [0.2, 0.25) is 10.0 Å². The van der Waals surface area contributed by atoms with E-state index in [1.54, 1.807) is 31.2 Å². The van der Waals surface area contributed by atoms with Gasteiger partial charge in [0.05, 0.1) is 5.02 Å². The van der Waals surface area contributed by atoms with E-state index in [9.17, 15) is 9.59 Å². The molecule has 0 amide bonds. The monoisotopic (exact) mass is 378 g/mol. The fourth-order valence-electron chi connectivity index (χ4n) is 2.26. The maximum atomic E-state index is 11.9. The summed E-state index contributed by atoms with van der Waals surface area (Å²) in [5.74, 6) is -0.0550. The molecule has 0 spiro atoms. The van der Waals surface area contributed by atoms with Gasteiger partial charge in [-0.2, -0.15) is 0 Å². The number of benzene rings is 2. The zero-order chi connectivity index (χ0) is 18.0. The van der Waals surface area contributed by atoms with Crippen LogP contribution in [-0.2, 0) is 4.79 Å². The summed E-state index contributed by atoms with van der Waals surface area (Å²) in [7, 11) is 0. The molecule has 0 radical (unpaired) electrons. The molecule has 3 aromatic rings. The quantitative estimate of drug-likeness (QED) is 0.382. The van der Waals surface area contributed by atoms with E-state index in [2.05, 4.69) is 0 Å². The van der Waals surface area contributed by atoms with E-state index in [-0.39, 0.29) is 12.4 Å². The van der Waals surface area contributed by atoms with Crippen LogP contribution >= 0.6 is 23.2 Å². The first kappa shape index (κ1) is 17.3. The van der Waals surface area contributed by atoms with Gasteiger partial charge in [-0.25, -0.2) is 9.59 Å². The van der Waals surface area contributed by atoms with Crippen LogP contribution in [-0.4, -0.2) is 12.6 Å². The van der Waals surface area contributed by atoms with Gasteiger partial charge >= 0.3 is 11.6 Å². The lowest BCUT2D eigenvalue weighted by molar-refractivity contribution is -0.136. The smallest absolute Gasteiger partial charge is 0.349 e. The summed E-state index contributed by atoms with van der Waals surface area (Å²) in [6, 6.07) is 10.9. The van der Waals surface area contributed by atoms with E-state index in [4.69, 9.17) is 37.1 Å². The average Bonchev–Trinajstić information content (AvgIpc) is 2.53. The molecule has 0 fully saturated rings. The largest absolute Gasteiger partial charge is 0.480 e. The van der Waals surface area contributed by atoms with Gasteiger partial charge in [0, 0.05) is 22.5 Å². The Bertz CT molecular complexity index is 1010. The maximum Gasteiger partial charge on any atom is 0.349 e. The number of ether oxygens (including phenoxy) is 2. The molecule has 0 aliphatic rings. The first-order valence-electron chi connectivity index (χ1n) is 7.25. The van der Waals surface area contributed by atoms with Crippen molar-refractivity contribution in [1.82, 2.24) is 0 Å². The van der Waals surface area contributed by atoms with Gasteiger partial charge in [0.1, 0.15) is 17.1 Å². The third kappa shape index (κ3) is 4.13. The molecular formula is C18H12Cl2O5. The molecule has 0 aliphatic carbocycles. The zero-order valence-electron chi connectivity index (χ0n) is 13.0. The van der Waals surface area contributed by atoms with Crippen molar-refractivity contribution in [1.29, 1.82) is 0 Å². The minimum absolute atomic E-state index is 0.247. The Morgan fingerprint density at radius 3 is 2.68 bits per heavy atom. The summed E-state index contributed by atoms with van der Waals surface area (Å²) in [4.78, 5) is 23.4. The highest BCUT2D eigenvalue weighted by molar-refractivity contribution is 6.35. The van der Waals surface area contributed by atoms with Gasteiger partial charge in [-0.3, -0.25) is 0 Å². The highest BCUT2D eigenvalue weighted by atomic mass is 35.5.